The first kappa shape index (κ1) is 24.8. The van der Waals surface area contributed by atoms with Crippen molar-refractivity contribution in [3.8, 4) is 11.5 Å². The molecule has 4 N–H and O–H groups in total. The lowest BCUT2D eigenvalue weighted by Gasteiger charge is -2.05. The maximum Gasteiger partial charge on any atom is 0.271 e. The molecule has 10 heteroatoms. The van der Waals surface area contributed by atoms with Crippen molar-refractivity contribution in [2.24, 2.45) is 10.2 Å². The van der Waals surface area contributed by atoms with Gasteiger partial charge in [-0.1, -0.05) is 18.2 Å². The van der Waals surface area contributed by atoms with E-state index < -0.39 is 11.8 Å². The van der Waals surface area contributed by atoms with E-state index in [1.807, 2.05) is 0 Å². The second-order valence-electron chi connectivity index (χ2n) is 7.03. The zero-order valence-electron chi connectivity index (χ0n) is 17.7. The van der Waals surface area contributed by atoms with Gasteiger partial charge in [-0.3, -0.25) is 9.59 Å². The third kappa shape index (κ3) is 6.57. The van der Waals surface area contributed by atoms with Gasteiger partial charge in [0.2, 0.25) is 0 Å². The molecule has 34 heavy (non-hydrogen) atoms. The number of amides is 2. The lowest BCUT2D eigenvalue weighted by atomic mass is 10.1. The van der Waals surface area contributed by atoms with E-state index in [2.05, 4.69) is 21.1 Å². The minimum atomic E-state index is -0.549. The summed E-state index contributed by atoms with van der Waals surface area (Å²) in [7, 11) is 0. The highest BCUT2D eigenvalue weighted by Gasteiger charge is 2.10. The van der Waals surface area contributed by atoms with Crippen molar-refractivity contribution in [2.75, 3.05) is 0 Å². The van der Waals surface area contributed by atoms with E-state index in [9.17, 15) is 19.8 Å². The quantitative estimate of drug-likeness (QED) is 0.212. The van der Waals surface area contributed by atoms with Gasteiger partial charge >= 0.3 is 0 Å². The van der Waals surface area contributed by atoms with Crippen LogP contribution in [-0.4, -0.2) is 34.5 Å². The zero-order chi connectivity index (χ0) is 24.5. The fraction of sp³-hybridized carbons (Fsp3) is 0.0833. The van der Waals surface area contributed by atoms with E-state index in [1.165, 1.54) is 42.8 Å². The van der Waals surface area contributed by atoms with Gasteiger partial charge in [0.1, 0.15) is 11.5 Å². The van der Waals surface area contributed by atoms with Crippen molar-refractivity contribution >= 4 is 47.4 Å². The highest BCUT2D eigenvalue weighted by molar-refractivity contribution is 6.17. The molecule has 0 saturated heterocycles. The molecule has 3 aromatic rings. The number of nitrogens with one attached hydrogen (secondary N) is 2. The molecule has 2 amide bonds. The Morgan fingerprint density at radius 2 is 1.29 bits per heavy atom. The summed E-state index contributed by atoms with van der Waals surface area (Å²) in [5.74, 6) is -0.581. The average molecular weight is 499 g/mol. The summed E-state index contributed by atoms with van der Waals surface area (Å²) in [4.78, 5) is 24.8. The Kier molecular flexibility index (Phi) is 8.61. The molecular weight excluding hydrogens is 479 g/mol. The Balaban J connectivity index is 1.62. The highest BCUT2D eigenvalue weighted by atomic mass is 35.5. The number of nitrogens with zero attached hydrogens (tertiary/aromatic N) is 2. The van der Waals surface area contributed by atoms with E-state index in [0.29, 0.717) is 11.1 Å². The van der Waals surface area contributed by atoms with Gasteiger partial charge < -0.3 is 10.2 Å². The predicted molar refractivity (Wildman–Crippen MR) is 132 cm³/mol. The Labute approximate surface area is 205 Å². The van der Waals surface area contributed by atoms with Crippen LogP contribution in [0.3, 0.4) is 0 Å². The number of hydrogen-bond donors (Lipinski definition) is 4. The molecular formula is C24H20Cl2N4O4. The molecule has 0 bridgehead atoms. The first-order valence-electron chi connectivity index (χ1n) is 9.94. The molecule has 0 saturated carbocycles. The smallest absolute Gasteiger partial charge is 0.271 e. The molecule has 0 fully saturated rings. The van der Waals surface area contributed by atoms with Crippen LogP contribution in [0.1, 0.15) is 43.0 Å². The number of rotatable bonds is 8. The second-order valence-corrected chi connectivity index (χ2v) is 7.57. The van der Waals surface area contributed by atoms with Crippen LogP contribution in [0.15, 0.2) is 70.9 Å². The number of alkyl halides is 2. The zero-order valence-corrected chi connectivity index (χ0v) is 19.2. The number of hydrogen-bond acceptors (Lipinski definition) is 6. The summed E-state index contributed by atoms with van der Waals surface area (Å²) in [6, 6.07) is 15.7. The number of phenolic OH excluding ortho intramolecular Hbond substituents is 2. The summed E-state index contributed by atoms with van der Waals surface area (Å²) in [6.07, 6.45) is 2.59. The van der Waals surface area contributed by atoms with E-state index in [0.717, 1.165) is 11.1 Å². The van der Waals surface area contributed by atoms with Crippen molar-refractivity contribution in [2.45, 2.75) is 11.8 Å². The van der Waals surface area contributed by atoms with E-state index in [1.54, 1.807) is 30.3 Å². The van der Waals surface area contributed by atoms with Gasteiger partial charge in [-0.25, -0.2) is 10.9 Å². The fourth-order valence-electron chi connectivity index (χ4n) is 2.82. The van der Waals surface area contributed by atoms with Crippen molar-refractivity contribution in [1.82, 2.24) is 10.9 Å². The largest absolute Gasteiger partial charge is 0.507 e. The number of carbonyl (C=O) groups excluding carboxylic acids is 2. The molecule has 8 nitrogen and oxygen atoms in total. The van der Waals surface area contributed by atoms with Crippen LogP contribution < -0.4 is 10.9 Å². The average Bonchev–Trinajstić information content (AvgIpc) is 2.86. The van der Waals surface area contributed by atoms with Gasteiger partial charge in [0.15, 0.2) is 0 Å². The second kappa shape index (κ2) is 11.8. The molecule has 0 radical (unpaired) electrons. The topological polar surface area (TPSA) is 123 Å². The van der Waals surface area contributed by atoms with Gasteiger partial charge in [-0.05, 0) is 53.6 Å². The molecule has 3 aromatic carbocycles. The first-order valence-corrected chi connectivity index (χ1v) is 11.0. The van der Waals surface area contributed by atoms with Crippen LogP contribution in [0, 0.1) is 0 Å². The van der Waals surface area contributed by atoms with Crippen LogP contribution in [0.25, 0.3) is 0 Å². The van der Waals surface area contributed by atoms with Gasteiger partial charge in [0, 0.05) is 34.0 Å². The number of carbonyl (C=O) groups is 2. The monoisotopic (exact) mass is 498 g/mol. The molecule has 0 aliphatic heterocycles. The Morgan fingerprint density at radius 3 is 1.88 bits per heavy atom. The summed E-state index contributed by atoms with van der Waals surface area (Å²) in [6.45, 7) is 0. The molecule has 0 atom stereocenters. The van der Waals surface area contributed by atoms with E-state index in [4.69, 9.17) is 23.2 Å². The molecule has 174 valence electrons. The minimum Gasteiger partial charge on any atom is -0.507 e. The maximum atomic E-state index is 12.4. The molecule has 0 aromatic heterocycles. The third-order valence-corrected chi connectivity index (χ3v) is 5.24. The summed E-state index contributed by atoms with van der Waals surface area (Å²) in [5.41, 5.74) is 7.42. The van der Waals surface area contributed by atoms with Crippen LogP contribution in [0.5, 0.6) is 11.5 Å². The summed E-state index contributed by atoms with van der Waals surface area (Å²) < 4.78 is 0. The van der Waals surface area contributed by atoms with Crippen molar-refractivity contribution in [3.05, 3.63) is 94.0 Å². The van der Waals surface area contributed by atoms with E-state index >= 15 is 0 Å². The molecule has 0 unspecified atom stereocenters. The minimum absolute atomic E-state index is 0.00519. The van der Waals surface area contributed by atoms with Crippen LogP contribution in [0.2, 0.25) is 0 Å². The van der Waals surface area contributed by atoms with Crippen LogP contribution in [-0.2, 0) is 11.8 Å². The number of hydrazone groups is 2. The number of aromatic hydroxyl groups is 2. The number of benzene rings is 3. The van der Waals surface area contributed by atoms with Crippen LogP contribution >= 0.6 is 23.2 Å². The Bertz CT molecular complexity index is 1260. The van der Waals surface area contributed by atoms with E-state index in [-0.39, 0.29) is 34.4 Å². The molecule has 0 aliphatic rings. The standard InChI is InChI=1S/C24H20Cl2N4O4/c25-11-15-5-7-21(31)20(8-15)14-28-30-24(34)18-3-1-2-17(10-18)23(33)29-27-13-19-6-4-16(12-26)9-22(19)32/h1-10,13-14,31-32H,11-12H2,(H,29,33)(H,30,34)/b27-13-,28-14+. The van der Waals surface area contributed by atoms with Crippen LogP contribution in [0.4, 0.5) is 0 Å². The molecule has 0 spiro atoms. The van der Waals surface area contributed by atoms with Crippen molar-refractivity contribution in [1.29, 1.82) is 0 Å². The van der Waals surface area contributed by atoms with Gasteiger partial charge in [-0.2, -0.15) is 10.2 Å². The summed E-state index contributed by atoms with van der Waals surface area (Å²) >= 11 is 11.5. The van der Waals surface area contributed by atoms with Crippen molar-refractivity contribution < 1.29 is 19.8 Å². The molecule has 0 heterocycles. The molecule has 3 rings (SSSR count). The maximum absolute atomic E-state index is 12.4. The Morgan fingerprint density at radius 1 is 0.735 bits per heavy atom. The first-order chi connectivity index (χ1) is 16.4. The van der Waals surface area contributed by atoms with Gasteiger partial charge in [0.05, 0.1) is 12.4 Å². The summed E-state index contributed by atoms with van der Waals surface area (Å²) in [5, 5.41) is 27.5. The van der Waals surface area contributed by atoms with Gasteiger partial charge in [-0.15, -0.1) is 23.2 Å². The lowest BCUT2D eigenvalue weighted by molar-refractivity contribution is 0.0954. The number of phenols is 2. The molecule has 0 aliphatic carbocycles. The fourth-order valence-corrected chi connectivity index (χ4v) is 3.16. The third-order valence-electron chi connectivity index (χ3n) is 4.62. The lowest BCUT2D eigenvalue weighted by Crippen LogP contribution is -2.20. The van der Waals surface area contributed by atoms with Gasteiger partial charge in [0.25, 0.3) is 11.8 Å². The number of halogens is 2. The normalized spacial score (nSPS) is 11.1. The SMILES string of the molecule is O=C(N/N=C\c1ccc(CCl)cc1O)c1cccc(C(=O)N/N=C/c2cc(CCl)ccc2O)c1. The predicted octanol–water partition coefficient (Wildman–Crippen LogP) is 4.10. The Hall–Kier alpha value is -3.88. The van der Waals surface area contributed by atoms with Crippen molar-refractivity contribution in [3.63, 3.8) is 0 Å². The highest BCUT2D eigenvalue weighted by Crippen LogP contribution is 2.19.